The van der Waals surface area contributed by atoms with E-state index >= 15 is 0 Å². The lowest BCUT2D eigenvalue weighted by atomic mass is 9.98. The molecule has 0 spiro atoms. The highest BCUT2D eigenvalue weighted by molar-refractivity contribution is 5.88. The van der Waals surface area contributed by atoms with Gasteiger partial charge in [0.1, 0.15) is 59.6 Å². The monoisotopic (exact) mass is 595 g/mol. The Kier molecular flexibility index (Phi) is 8.30. The molecule has 2 aliphatic rings. The van der Waals surface area contributed by atoms with Crippen molar-refractivity contribution < 1.29 is 74.4 Å². The lowest BCUT2D eigenvalue weighted by Crippen LogP contribution is -2.61. The molecule has 3 aromatic rings. The van der Waals surface area contributed by atoms with Gasteiger partial charge in [-0.2, -0.15) is 0 Å². The molecule has 2 saturated heterocycles. The summed E-state index contributed by atoms with van der Waals surface area (Å²) in [6.45, 7) is 0.925. The van der Waals surface area contributed by atoms with Crippen LogP contribution in [0.5, 0.6) is 28.7 Å². The molecule has 3 heterocycles. The molecule has 0 aliphatic carbocycles. The highest BCUT2D eigenvalue weighted by Gasteiger charge is 2.48. The van der Waals surface area contributed by atoms with E-state index in [0.29, 0.717) is 0 Å². The molecule has 10 atom stereocenters. The minimum absolute atomic E-state index is 0.00170. The molecule has 2 aromatic carbocycles. The van der Waals surface area contributed by atoms with Crippen LogP contribution in [0.2, 0.25) is 0 Å². The number of rotatable bonds is 6. The summed E-state index contributed by atoms with van der Waals surface area (Å²) in [5.74, 6) is -1.92. The third-order valence-corrected chi connectivity index (χ3v) is 7.20. The van der Waals surface area contributed by atoms with Crippen molar-refractivity contribution in [2.24, 2.45) is 0 Å². The van der Waals surface area contributed by atoms with Gasteiger partial charge in [0.25, 0.3) is 0 Å². The fourth-order valence-corrected chi connectivity index (χ4v) is 4.76. The van der Waals surface area contributed by atoms with Crippen molar-refractivity contribution in [1.82, 2.24) is 0 Å². The van der Waals surface area contributed by atoms with E-state index in [4.69, 9.17) is 23.4 Å². The molecule has 0 saturated carbocycles. The van der Waals surface area contributed by atoms with Gasteiger partial charge in [-0.3, -0.25) is 0 Å². The van der Waals surface area contributed by atoms with E-state index in [2.05, 4.69) is 0 Å². The molecule has 15 nitrogen and oxygen atoms in total. The molecule has 2 fully saturated rings. The smallest absolute Gasteiger partial charge is 0.402 e. The van der Waals surface area contributed by atoms with Crippen LogP contribution < -0.4 is 4.74 Å². The zero-order valence-electron chi connectivity index (χ0n) is 22.0. The number of ether oxygens (including phenoxy) is 4. The minimum atomic E-state index is -1.82. The Labute approximate surface area is 237 Å². The standard InChI is InChI=1S/C27H30O15/c1-9-19(32)21(34)23(36)26(39-9)38-8-18-20(33)22(35)24(37)27(42-18)41-17-7-12-14(30)5-11(28)6-16(12)40-25(17)10-2-3-13(29)15(31)4-10/h2-7,9,18-24,26-27,32-37H,8H2,1H3,(H3-,28,29,30,31)/p+1/t9-,18+,19-,20+,21-,22+,23+,24+,26+,27+/m0/s1. The van der Waals surface area contributed by atoms with E-state index in [0.717, 1.165) is 12.1 Å². The van der Waals surface area contributed by atoms with E-state index < -0.39 is 85.3 Å². The van der Waals surface area contributed by atoms with Crippen molar-refractivity contribution in [3.05, 3.63) is 36.4 Å². The van der Waals surface area contributed by atoms with Crippen molar-refractivity contribution in [3.8, 4) is 40.1 Å². The molecule has 2 aliphatic heterocycles. The molecule has 42 heavy (non-hydrogen) atoms. The molecule has 0 unspecified atom stereocenters. The Balaban J connectivity index is 1.44. The van der Waals surface area contributed by atoms with Crippen LogP contribution in [0.4, 0.5) is 0 Å². The Morgan fingerprint density at radius 3 is 2.12 bits per heavy atom. The number of phenols is 4. The van der Waals surface area contributed by atoms with Gasteiger partial charge in [-0.25, -0.2) is 4.42 Å². The predicted molar refractivity (Wildman–Crippen MR) is 138 cm³/mol. The van der Waals surface area contributed by atoms with E-state index in [1.54, 1.807) is 0 Å². The topological polar surface area (TPSA) is 251 Å². The number of hydrogen-bond donors (Lipinski definition) is 10. The van der Waals surface area contributed by atoms with Gasteiger partial charge in [0.15, 0.2) is 17.8 Å². The van der Waals surface area contributed by atoms with E-state index in [-0.39, 0.29) is 33.8 Å². The second-order valence-corrected chi connectivity index (χ2v) is 10.2. The van der Waals surface area contributed by atoms with E-state index in [1.807, 2.05) is 0 Å². The Morgan fingerprint density at radius 1 is 0.714 bits per heavy atom. The fourth-order valence-electron chi connectivity index (χ4n) is 4.76. The van der Waals surface area contributed by atoms with Gasteiger partial charge < -0.3 is 70.0 Å². The molecule has 10 N–H and O–H groups in total. The predicted octanol–water partition coefficient (Wildman–Crippen LogP) is -0.766. The average molecular weight is 596 g/mol. The van der Waals surface area contributed by atoms with Crippen LogP contribution in [0.1, 0.15) is 6.92 Å². The molecule has 1 aromatic heterocycles. The summed E-state index contributed by atoms with van der Waals surface area (Å²) >= 11 is 0. The van der Waals surface area contributed by atoms with Gasteiger partial charge in [0.2, 0.25) is 12.0 Å². The Hall–Kier alpha value is -3.51. The summed E-state index contributed by atoms with van der Waals surface area (Å²) in [5.41, 5.74) is 0.163. The molecule has 0 amide bonds. The number of phenolic OH excluding ortho intramolecular Hbond substituents is 4. The summed E-state index contributed by atoms with van der Waals surface area (Å²) in [7, 11) is 0. The third-order valence-electron chi connectivity index (χ3n) is 7.20. The van der Waals surface area contributed by atoms with Crippen LogP contribution in [-0.4, -0.2) is 119 Å². The zero-order valence-corrected chi connectivity index (χ0v) is 22.0. The first kappa shape index (κ1) is 30.0. The van der Waals surface area contributed by atoms with Crippen LogP contribution >= 0.6 is 0 Å². The third kappa shape index (κ3) is 5.61. The van der Waals surface area contributed by atoms with E-state index in [1.165, 1.54) is 31.2 Å². The summed E-state index contributed by atoms with van der Waals surface area (Å²) in [6.07, 6.45) is -15.3. The number of fused-ring (bicyclic) bond motifs is 1. The van der Waals surface area contributed by atoms with Gasteiger partial charge in [-0.15, -0.1) is 0 Å². The molecule has 228 valence electrons. The number of aromatic hydroxyl groups is 4. The van der Waals surface area contributed by atoms with Crippen molar-refractivity contribution >= 4 is 11.0 Å². The maximum atomic E-state index is 10.7. The summed E-state index contributed by atoms with van der Waals surface area (Å²) in [6, 6.07) is 7.22. The fraction of sp³-hybridized carbons (Fsp3) is 0.444. The Morgan fingerprint density at radius 2 is 1.40 bits per heavy atom. The number of hydrogen-bond acceptors (Lipinski definition) is 14. The van der Waals surface area contributed by atoms with Gasteiger partial charge in [0, 0.05) is 18.2 Å². The normalized spacial score (nSPS) is 33.5. The van der Waals surface area contributed by atoms with Crippen molar-refractivity contribution in [3.63, 3.8) is 0 Å². The summed E-state index contributed by atoms with van der Waals surface area (Å²) in [5, 5.41) is 102. The highest BCUT2D eigenvalue weighted by atomic mass is 16.7. The van der Waals surface area contributed by atoms with Gasteiger partial charge >= 0.3 is 11.3 Å². The lowest BCUT2D eigenvalue weighted by Gasteiger charge is -2.42. The first-order valence-corrected chi connectivity index (χ1v) is 12.9. The minimum Gasteiger partial charge on any atom is -0.507 e. The number of aliphatic hydroxyl groups excluding tert-OH is 6. The summed E-state index contributed by atoms with van der Waals surface area (Å²) < 4.78 is 28.3. The van der Waals surface area contributed by atoms with Crippen LogP contribution in [-0.2, 0) is 14.2 Å². The average Bonchev–Trinajstić information content (AvgIpc) is 2.95. The molecule has 0 bridgehead atoms. The highest BCUT2D eigenvalue weighted by Crippen LogP contribution is 2.42. The quantitative estimate of drug-likeness (QED) is 0.124. The van der Waals surface area contributed by atoms with Gasteiger partial charge in [-0.05, 0) is 19.1 Å². The van der Waals surface area contributed by atoms with Gasteiger partial charge in [-0.1, -0.05) is 0 Å². The zero-order chi connectivity index (χ0) is 30.5. The maximum Gasteiger partial charge on any atom is 0.402 e. The number of benzene rings is 2. The van der Waals surface area contributed by atoms with Gasteiger partial charge in [0.05, 0.1) is 24.3 Å². The molecular formula is C27H31O15+. The molecule has 5 rings (SSSR count). The second-order valence-electron chi connectivity index (χ2n) is 10.2. The maximum absolute atomic E-state index is 10.7. The van der Waals surface area contributed by atoms with Crippen molar-refractivity contribution in [2.75, 3.05) is 6.61 Å². The first-order chi connectivity index (χ1) is 19.8. The largest absolute Gasteiger partial charge is 0.507 e. The van der Waals surface area contributed by atoms with Crippen LogP contribution in [0.25, 0.3) is 22.3 Å². The van der Waals surface area contributed by atoms with Crippen LogP contribution in [0.15, 0.2) is 40.8 Å². The SMILES string of the molecule is C[C@@H]1O[C@@H](OC[C@H]2O[C@@H](Oc3cc4c(O)cc(O)cc4[o+]c3-c3ccc(O)c(O)c3)[C@H](O)[C@H](O)[C@@H]2O)[C@H](O)[C@@H](O)[C@H]1O. The first-order valence-electron chi connectivity index (χ1n) is 12.9. The molecule has 0 radical (unpaired) electrons. The molecular weight excluding hydrogens is 564 g/mol. The van der Waals surface area contributed by atoms with E-state index in [9.17, 15) is 51.1 Å². The second kappa shape index (κ2) is 11.6. The van der Waals surface area contributed by atoms with Crippen molar-refractivity contribution in [1.29, 1.82) is 0 Å². The Bertz CT molecular complexity index is 1430. The van der Waals surface area contributed by atoms with Crippen LogP contribution in [0.3, 0.4) is 0 Å². The summed E-state index contributed by atoms with van der Waals surface area (Å²) in [4.78, 5) is 0. The molecule has 15 heteroatoms. The lowest BCUT2D eigenvalue weighted by molar-refractivity contribution is -0.318. The number of aliphatic hydroxyl groups is 6. The van der Waals surface area contributed by atoms with Crippen molar-refractivity contribution in [2.45, 2.75) is 68.3 Å². The van der Waals surface area contributed by atoms with Crippen LogP contribution in [0, 0.1) is 0 Å².